The van der Waals surface area contributed by atoms with E-state index in [2.05, 4.69) is 5.32 Å². The normalized spacial score (nSPS) is 18.8. The molecule has 150 valence electrons. The molecule has 29 heavy (non-hydrogen) atoms. The molecule has 8 heteroatoms. The third-order valence-corrected chi connectivity index (χ3v) is 5.39. The highest BCUT2D eigenvalue weighted by Gasteiger charge is 2.34. The molecule has 2 fully saturated rings. The summed E-state index contributed by atoms with van der Waals surface area (Å²) < 4.78 is 1.84. The molecule has 1 aromatic heterocycles. The maximum Gasteiger partial charge on any atom is 0.331 e. The number of amides is 5. The molecule has 0 atom stereocenters. The fourth-order valence-corrected chi connectivity index (χ4v) is 3.87. The minimum atomic E-state index is -0.713. The summed E-state index contributed by atoms with van der Waals surface area (Å²) in [5, 5.41) is 3.03. The Kier molecular flexibility index (Phi) is 4.92. The molecule has 2 aliphatic rings. The second-order valence-electron chi connectivity index (χ2n) is 7.18. The molecule has 8 nitrogen and oxygen atoms in total. The van der Waals surface area contributed by atoms with Gasteiger partial charge in [-0.15, -0.1) is 0 Å². The lowest BCUT2D eigenvalue weighted by atomic mass is 10.1. The van der Waals surface area contributed by atoms with Gasteiger partial charge in [-0.1, -0.05) is 18.2 Å². The van der Waals surface area contributed by atoms with Crippen LogP contribution in [0.3, 0.4) is 0 Å². The summed E-state index contributed by atoms with van der Waals surface area (Å²) in [5.41, 5.74) is 1.40. The first kappa shape index (κ1) is 18.9. The molecule has 3 heterocycles. The Balaban J connectivity index is 1.71. The van der Waals surface area contributed by atoms with Gasteiger partial charge >= 0.3 is 6.03 Å². The van der Waals surface area contributed by atoms with Crippen LogP contribution in [0, 0.1) is 0 Å². The highest BCUT2D eigenvalue weighted by molar-refractivity contribution is 6.31. The molecule has 0 saturated carbocycles. The van der Waals surface area contributed by atoms with E-state index in [1.807, 2.05) is 33.7 Å². The maximum atomic E-state index is 12.6. The fraction of sp³-hybridized carbons (Fsp3) is 0.333. The molecule has 1 aromatic carbocycles. The second-order valence-corrected chi connectivity index (χ2v) is 7.18. The zero-order valence-electron chi connectivity index (χ0n) is 16.2. The van der Waals surface area contributed by atoms with Gasteiger partial charge in [-0.2, -0.15) is 0 Å². The van der Waals surface area contributed by atoms with Crippen LogP contribution >= 0.6 is 0 Å². The van der Waals surface area contributed by atoms with E-state index < -0.39 is 17.8 Å². The van der Waals surface area contributed by atoms with Crippen molar-refractivity contribution in [1.82, 2.24) is 19.7 Å². The van der Waals surface area contributed by atoms with E-state index in [-0.39, 0.29) is 24.6 Å². The van der Waals surface area contributed by atoms with Gasteiger partial charge in [-0.05, 0) is 31.9 Å². The molecule has 2 aliphatic heterocycles. The number of carbonyl (C=O) groups excluding carboxylic acids is 4. The van der Waals surface area contributed by atoms with E-state index in [0.29, 0.717) is 5.56 Å². The SMILES string of the molecule is CCN1C(=O)NC(=O)C(=Cc2cn(CC(=O)N3CCCC3)c3ccccc23)C1=O. The van der Waals surface area contributed by atoms with Gasteiger partial charge in [0.15, 0.2) is 0 Å². The standard InChI is InChI=1S/C21H22N4O4/c1-2-25-20(28)16(19(27)22-21(25)29)11-14-12-24(17-8-4-3-7-15(14)17)13-18(26)23-9-5-6-10-23/h3-4,7-8,11-12H,2,5-6,9-10,13H2,1H3,(H,22,27,29). The molecule has 1 N–H and O–H groups in total. The largest absolute Gasteiger partial charge is 0.341 e. The molecule has 2 saturated heterocycles. The van der Waals surface area contributed by atoms with Gasteiger partial charge < -0.3 is 9.47 Å². The van der Waals surface area contributed by atoms with Crippen molar-refractivity contribution >= 4 is 40.7 Å². The predicted molar refractivity (Wildman–Crippen MR) is 107 cm³/mol. The van der Waals surface area contributed by atoms with E-state index in [9.17, 15) is 19.2 Å². The quantitative estimate of drug-likeness (QED) is 0.632. The van der Waals surface area contributed by atoms with Crippen molar-refractivity contribution in [2.45, 2.75) is 26.3 Å². The highest BCUT2D eigenvalue weighted by Crippen LogP contribution is 2.25. The number of likely N-dealkylation sites (tertiary alicyclic amines) is 1. The summed E-state index contributed by atoms with van der Waals surface area (Å²) in [6.07, 6.45) is 5.32. The van der Waals surface area contributed by atoms with Crippen LogP contribution in [-0.2, 0) is 20.9 Å². The number of para-hydroxylation sites is 1. The number of likely N-dealkylation sites (N-methyl/N-ethyl adjacent to an activating group) is 1. The number of aromatic nitrogens is 1. The van der Waals surface area contributed by atoms with Crippen LogP contribution in [0.15, 0.2) is 36.0 Å². The topological polar surface area (TPSA) is 91.7 Å². The monoisotopic (exact) mass is 394 g/mol. The number of barbiturate groups is 1. The predicted octanol–water partition coefficient (Wildman–Crippen LogP) is 1.75. The van der Waals surface area contributed by atoms with Gasteiger partial charge in [0, 0.05) is 42.3 Å². The molecule has 0 bridgehead atoms. The van der Waals surface area contributed by atoms with Gasteiger partial charge in [0.1, 0.15) is 12.1 Å². The number of rotatable bonds is 4. The van der Waals surface area contributed by atoms with Crippen molar-refractivity contribution in [3.63, 3.8) is 0 Å². The molecular formula is C21H22N4O4. The number of nitrogens with one attached hydrogen (secondary N) is 1. The van der Waals surface area contributed by atoms with E-state index in [0.717, 1.165) is 41.7 Å². The number of benzene rings is 1. The van der Waals surface area contributed by atoms with Gasteiger partial charge in [0.05, 0.1) is 0 Å². The molecule has 4 rings (SSSR count). The lowest BCUT2D eigenvalue weighted by molar-refractivity contribution is -0.131. The van der Waals surface area contributed by atoms with E-state index >= 15 is 0 Å². The third-order valence-electron chi connectivity index (χ3n) is 5.39. The lowest BCUT2D eigenvalue weighted by Crippen LogP contribution is -2.53. The Labute approximate surface area is 167 Å². The number of hydrogen-bond acceptors (Lipinski definition) is 4. The Bertz CT molecular complexity index is 1050. The molecule has 2 aromatic rings. The van der Waals surface area contributed by atoms with Gasteiger partial charge in [0.2, 0.25) is 5.91 Å². The number of fused-ring (bicyclic) bond motifs is 1. The highest BCUT2D eigenvalue weighted by atomic mass is 16.2. The Morgan fingerprint density at radius 3 is 2.59 bits per heavy atom. The lowest BCUT2D eigenvalue weighted by Gasteiger charge is -2.24. The van der Waals surface area contributed by atoms with Crippen molar-refractivity contribution in [2.24, 2.45) is 0 Å². The Morgan fingerprint density at radius 2 is 1.86 bits per heavy atom. The summed E-state index contributed by atoms with van der Waals surface area (Å²) in [5.74, 6) is -1.28. The zero-order valence-corrected chi connectivity index (χ0v) is 16.2. The first-order chi connectivity index (χ1) is 14.0. The average molecular weight is 394 g/mol. The van der Waals surface area contributed by atoms with Gasteiger partial charge in [-0.3, -0.25) is 24.6 Å². The molecular weight excluding hydrogens is 372 g/mol. The zero-order chi connectivity index (χ0) is 20.5. The summed E-state index contributed by atoms with van der Waals surface area (Å²) in [6.45, 7) is 3.60. The molecule has 0 spiro atoms. The Hall–Kier alpha value is -3.42. The van der Waals surface area contributed by atoms with Crippen molar-refractivity contribution < 1.29 is 19.2 Å². The van der Waals surface area contributed by atoms with Crippen LogP contribution < -0.4 is 5.32 Å². The van der Waals surface area contributed by atoms with E-state index in [1.165, 1.54) is 6.08 Å². The van der Waals surface area contributed by atoms with Crippen LogP contribution in [0.25, 0.3) is 17.0 Å². The molecule has 0 unspecified atom stereocenters. The number of hydrogen-bond donors (Lipinski definition) is 1. The summed E-state index contributed by atoms with van der Waals surface area (Å²) >= 11 is 0. The van der Waals surface area contributed by atoms with Crippen molar-refractivity contribution in [2.75, 3.05) is 19.6 Å². The summed E-state index contributed by atoms with van der Waals surface area (Å²) in [7, 11) is 0. The minimum Gasteiger partial charge on any atom is -0.341 e. The van der Waals surface area contributed by atoms with E-state index in [1.54, 1.807) is 13.1 Å². The first-order valence-corrected chi connectivity index (χ1v) is 9.74. The van der Waals surface area contributed by atoms with Crippen LogP contribution in [0.1, 0.15) is 25.3 Å². The van der Waals surface area contributed by atoms with Gasteiger partial charge in [-0.25, -0.2) is 4.79 Å². The Morgan fingerprint density at radius 1 is 1.14 bits per heavy atom. The number of carbonyl (C=O) groups is 4. The van der Waals surface area contributed by atoms with Crippen molar-refractivity contribution in [3.05, 3.63) is 41.6 Å². The average Bonchev–Trinajstić information content (AvgIpc) is 3.34. The van der Waals surface area contributed by atoms with Crippen LogP contribution in [0.5, 0.6) is 0 Å². The van der Waals surface area contributed by atoms with Crippen molar-refractivity contribution in [3.8, 4) is 0 Å². The molecule has 0 aliphatic carbocycles. The van der Waals surface area contributed by atoms with Crippen LogP contribution in [0.2, 0.25) is 0 Å². The van der Waals surface area contributed by atoms with Crippen molar-refractivity contribution in [1.29, 1.82) is 0 Å². The fourth-order valence-electron chi connectivity index (χ4n) is 3.87. The van der Waals surface area contributed by atoms with Crippen LogP contribution in [-0.4, -0.2) is 57.8 Å². The second kappa shape index (κ2) is 7.54. The first-order valence-electron chi connectivity index (χ1n) is 9.74. The molecule has 0 radical (unpaired) electrons. The minimum absolute atomic E-state index is 0.0525. The van der Waals surface area contributed by atoms with Gasteiger partial charge in [0.25, 0.3) is 11.8 Å². The third kappa shape index (κ3) is 3.41. The summed E-state index contributed by atoms with van der Waals surface area (Å²) in [4.78, 5) is 52.1. The maximum absolute atomic E-state index is 12.6. The number of urea groups is 1. The smallest absolute Gasteiger partial charge is 0.331 e. The number of nitrogens with zero attached hydrogens (tertiary/aromatic N) is 3. The van der Waals surface area contributed by atoms with Crippen LogP contribution in [0.4, 0.5) is 4.79 Å². The number of imide groups is 2. The molecule has 5 amide bonds. The van der Waals surface area contributed by atoms with E-state index in [4.69, 9.17) is 0 Å². The summed E-state index contributed by atoms with van der Waals surface area (Å²) in [6, 6.07) is 6.82.